The van der Waals surface area contributed by atoms with Crippen molar-refractivity contribution in [1.82, 2.24) is 0 Å². The van der Waals surface area contributed by atoms with E-state index in [1.807, 2.05) is 6.92 Å². The fraction of sp³-hybridized carbons (Fsp3) is 0.941. The second-order valence-corrected chi connectivity index (χ2v) is 6.35. The molecule has 0 heterocycles. The summed E-state index contributed by atoms with van der Waals surface area (Å²) in [6.45, 7) is 5.28. The first-order valence-electron chi connectivity index (χ1n) is 8.54. The predicted molar refractivity (Wildman–Crippen MR) is 79.5 cm³/mol. The van der Waals surface area contributed by atoms with Crippen LogP contribution < -0.4 is 0 Å². The molecule has 0 amide bonds. The summed E-state index contributed by atoms with van der Waals surface area (Å²) in [7, 11) is 0. The molecule has 2 atom stereocenters. The highest BCUT2D eigenvalue weighted by atomic mass is 16.5. The Morgan fingerprint density at radius 3 is 2.50 bits per heavy atom. The standard InChI is InChI=1S/C17H30O3/c1-3-13-20-15-11-8-12-17(15,16(18)19-4-2)14-9-6-5-7-10-14/h14-15H,3-13H2,1-2H3. The molecule has 2 saturated carbocycles. The van der Waals surface area contributed by atoms with Gasteiger partial charge in [0.25, 0.3) is 0 Å². The van der Waals surface area contributed by atoms with Crippen molar-refractivity contribution in [3.05, 3.63) is 0 Å². The summed E-state index contributed by atoms with van der Waals surface area (Å²) in [6.07, 6.45) is 10.4. The molecule has 0 saturated heterocycles. The molecule has 116 valence electrons. The Balaban J connectivity index is 2.19. The first-order chi connectivity index (χ1) is 9.75. The van der Waals surface area contributed by atoms with Gasteiger partial charge >= 0.3 is 5.97 Å². The second-order valence-electron chi connectivity index (χ2n) is 6.35. The lowest BCUT2D eigenvalue weighted by molar-refractivity contribution is -0.171. The molecule has 2 aliphatic carbocycles. The average molecular weight is 282 g/mol. The minimum Gasteiger partial charge on any atom is -0.465 e. The van der Waals surface area contributed by atoms with E-state index in [0.29, 0.717) is 12.5 Å². The third kappa shape index (κ3) is 3.03. The van der Waals surface area contributed by atoms with Crippen LogP contribution in [-0.2, 0) is 14.3 Å². The molecular weight excluding hydrogens is 252 g/mol. The van der Waals surface area contributed by atoms with E-state index in [0.717, 1.165) is 32.3 Å². The number of hydrogen-bond acceptors (Lipinski definition) is 3. The molecule has 2 unspecified atom stereocenters. The van der Waals surface area contributed by atoms with Gasteiger partial charge in [-0.15, -0.1) is 0 Å². The molecular formula is C17H30O3. The quantitative estimate of drug-likeness (QED) is 0.688. The lowest BCUT2D eigenvalue weighted by Crippen LogP contribution is -2.47. The first kappa shape index (κ1) is 15.8. The number of rotatable bonds is 6. The smallest absolute Gasteiger partial charge is 0.314 e. The van der Waals surface area contributed by atoms with Crippen LogP contribution in [0.2, 0.25) is 0 Å². The van der Waals surface area contributed by atoms with Gasteiger partial charge in [-0.2, -0.15) is 0 Å². The third-order valence-electron chi connectivity index (χ3n) is 5.14. The molecule has 3 heteroatoms. The molecule has 3 nitrogen and oxygen atoms in total. The Labute approximate surface area is 123 Å². The van der Waals surface area contributed by atoms with E-state index in [1.54, 1.807) is 0 Å². The first-order valence-corrected chi connectivity index (χ1v) is 8.54. The lowest BCUT2D eigenvalue weighted by atomic mass is 9.66. The monoisotopic (exact) mass is 282 g/mol. The van der Waals surface area contributed by atoms with Gasteiger partial charge in [0.15, 0.2) is 0 Å². The van der Waals surface area contributed by atoms with Crippen LogP contribution in [0.4, 0.5) is 0 Å². The fourth-order valence-electron chi connectivity index (χ4n) is 4.24. The highest BCUT2D eigenvalue weighted by Gasteiger charge is 2.55. The number of hydrogen-bond donors (Lipinski definition) is 0. The van der Waals surface area contributed by atoms with Gasteiger partial charge < -0.3 is 9.47 Å². The predicted octanol–water partition coefficient (Wildman–Crippen LogP) is 4.10. The van der Waals surface area contributed by atoms with Gasteiger partial charge in [0.1, 0.15) is 0 Å². The number of ether oxygens (including phenoxy) is 2. The van der Waals surface area contributed by atoms with Crippen LogP contribution in [-0.4, -0.2) is 25.3 Å². The van der Waals surface area contributed by atoms with Gasteiger partial charge in [0.2, 0.25) is 0 Å². The minimum atomic E-state index is -0.342. The Hall–Kier alpha value is -0.570. The van der Waals surface area contributed by atoms with Crippen molar-refractivity contribution in [2.75, 3.05) is 13.2 Å². The number of esters is 1. The molecule has 0 aromatic carbocycles. The number of carbonyl (C=O) groups excluding carboxylic acids is 1. The molecule has 0 radical (unpaired) electrons. The molecule has 2 rings (SSSR count). The van der Waals surface area contributed by atoms with Gasteiger partial charge in [-0.1, -0.05) is 26.2 Å². The summed E-state index contributed by atoms with van der Waals surface area (Å²) in [5.41, 5.74) is -0.342. The lowest BCUT2D eigenvalue weighted by Gasteiger charge is -2.41. The molecule has 0 aromatic heterocycles. The second kappa shape index (κ2) is 7.44. The summed E-state index contributed by atoms with van der Waals surface area (Å²) < 4.78 is 11.6. The molecule has 2 aliphatic rings. The van der Waals surface area contributed by atoms with E-state index in [4.69, 9.17) is 9.47 Å². The van der Waals surface area contributed by atoms with Crippen molar-refractivity contribution in [3.63, 3.8) is 0 Å². The van der Waals surface area contributed by atoms with Crippen LogP contribution in [0.1, 0.15) is 71.6 Å². The Morgan fingerprint density at radius 2 is 1.85 bits per heavy atom. The normalized spacial score (nSPS) is 31.4. The van der Waals surface area contributed by atoms with Crippen LogP contribution in [0, 0.1) is 11.3 Å². The summed E-state index contributed by atoms with van der Waals surface area (Å²) in [5, 5.41) is 0. The van der Waals surface area contributed by atoms with Crippen molar-refractivity contribution in [1.29, 1.82) is 0 Å². The molecule has 20 heavy (non-hydrogen) atoms. The fourth-order valence-corrected chi connectivity index (χ4v) is 4.24. The van der Waals surface area contributed by atoms with Crippen molar-refractivity contribution in [2.45, 2.75) is 77.7 Å². The highest BCUT2D eigenvalue weighted by Crippen LogP contribution is 2.51. The maximum Gasteiger partial charge on any atom is 0.314 e. The Morgan fingerprint density at radius 1 is 1.10 bits per heavy atom. The zero-order valence-corrected chi connectivity index (χ0v) is 13.2. The van der Waals surface area contributed by atoms with E-state index in [1.165, 1.54) is 32.1 Å². The summed E-state index contributed by atoms with van der Waals surface area (Å²) in [5.74, 6) is 0.491. The number of carbonyl (C=O) groups is 1. The van der Waals surface area contributed by atoms with Gasteiger partial charge in [-0.05, 0) is 51.4 Å². The molecule has 0 bridgehead atoms. The minimum absolute atomic E-state index is 0.0190. The van der Waals surface area contributed by atoms with Crippen LogP contribution in [0.15, 0.2) is 0 Å². The molecule has 0 aliphatic heterocycles. The molecule has 0 N–H and O–H groups in total. The van der Waals surface area contributed by atoms with Gasteiger partial charge in [0, 0.05) is 6.61 Å². The Bertz CT molecular complexity index is 309. The Kier molecular flexibility index (Phi) is 5.88. The SMILES string of the molecule is CCCOC1CCCC1(C(=O)OCC)C1CCCCC1. The zero-order chi connectivity index (χ0) is 14.4. The van der Waals surface area contributed by atoms with Gasteiger partial charge in [-0.3, -0.25) is 4.79 Å². The van der Waals surface area contributed by atoms with E-state index in [-0.39, 0.29) is 17.5 Å². The van der Waals surface area contributed by atoms with Crippen LogP contribution in [0.5, 0.6) is 0 Å². The highest BCUT2D eigenvalue weighted by molar-refractivity contribution is 5.78. The van der Waals surface area contributed by atoms with Gasteiger partial charge in [0.05, 0.1) is 18.1 Å². The van der Waals surface area contributed by atoms with E-state index >= 15 is 0 Å². The van der Waals surface area contributed by atoms with Crippen molar-refractivity contribution in [2.24, 2.45) is 11.3 Å². The maximum absolute atomic E-state index is 12.7. The van der Waals surface area contributed by atoms with E-state index < -0.39 is 0 Å². The van der Waals surface area contributed by atoms with Crippen LogP contribution >= 0.6 is 0 Å². The van der Waals surface area contributed by atoms with Crippen molar-refractivity contribution in [3.8, 4) is 0 Å². The maximum atomic E-state index is 12.7. The van der Waals surface area contributed by atoms with Crippen LogP contribution in [0.3, 0.4) is 0 Å². The molecule has 2 fully saturated rings. The average Bonchev–Trinajstić information content (AvgIpc) is 2.91. The van der Waals surface area contributed by atoms with E-state index in [2.05, 4.69) is 6.92 Å². The van der Waals surface area contributed by atoms with Crippen molar-refractivity contribution < 1.29 is 14.3 Å². The van der Waals surface area contributed by atoms with Crippen LogP contribution in [0.25, 0.3) is 0 Å². The topological polar surface area (TPSA) is 35.5 Å². The zero-order valence-electron chi connectivity index (χ0n) is 13.2. The molecule has 0 spiro atoms. The molecule has 0 aromatic rings. The van der Waals surface area contributed by atoms with Crippen molar-refractivity contribution >= 4 is 5.97 Å². The van der Waals surface area contributed by atoms with Gasteiger partial charge in [-0.25, -0.2) is 0 Å². The van der Waals surface area contributed by atoms with E-state index in [9.17, 15) is 4.79 Å². The summed E-state index contributed by atoms with van der Waals surface area (Å²) in [4.78, 5) is 12.7. The largest absolute Gasteiger partial charge is 0.465 e. The third-order valence-corrected chi connectivity index (χ3v) is 5.14. The summed E-state index contributed by atoms with van der Waals surface area (Å²) in [6, 6.07) is 0. The summed E-state index contributed by atoms with van der Waals surface area (Å²) >= 11 is 0.